The van der Waals surface area contributed by atoms with Crippen LogP contribution in [0.2, 0.25) is 0 Å². The van der Waals surface area contributed by atoms with Crippen LogP contribution in [-0.4, -0.2) is 14.5 Å². The fourth-order valence-corrected chi connectivity index (χ4v) is 4.32. The van der Waals surface area contributed by atoms with Crippen LogP contribution in [0.4, 0.5) is 0 Å². The highest BCUT2D eigenvalue weighted by molar-refractivity contribution is 9.12. The van der Waals surface area contributed by atoms with Gasteiger partial charge in [-0.25, -0.2) is 0 Å². The number of alkyl halides is 3. The van der Waals surface area contributed by atoms with Crippen LogP contribution in [0, 0.1) is 5.92 Å². The molecule has 4 unspecified atom stereocenters. The summed E-state index contributed by atoms with van der Waals surface area (Å²) in [5.41, 5.74) is 0. The van der Waals surface area contributed by atoms with E-state index in [0.29, 0.717) is 14.5 Å². The molecule has 1 saturated carbocycles. The van der Waals surface area contributed by atoms with Gasteiger partial charge in [0, 0.05) is 14.5 Å². The molecular weight excluding hydrogens is 336 g/mol. The van der Waals surface area contributed by atoms with Gasteiger partial charge in [0.15, 0.2) is 0 Å². The van der Waals surface area contributed by atoms with Crippen molar-refractivity contribution < 1.29 is 0 Å². The molecule has 0 aliphatic heterocycles. The van der Waals surface area contributed by atoms with Crippen molar-refractivity contribution in [3.63, 3.8) is 0 Å². The fourth-order valence-electron chi connectivity index (χ4n) is 1.62. The standard InChI is InChI=1S/C8H13Br3/c1-5(9)6-3-2-4-7(10)8(6)11/h5-8H,2-4H2,1H3. The third-order valence-electron chi connectivity index (χ3n) is 2.36. The van der Waals surface area contributed by atoms with Gasteiger partial charge in [0.1, 0.15) is 0 Å². The Hall–Kier alpha value is 1.44. The quantitative estimate of drug-likeness (QED) is 0.626. The maximum atomic E-state index is 3.74. The first-order chi connectivity index (χ1) is 5.13. The smallest absolute Gasteiger partial charge is 0.0309 e. The molecular formula is C8H13Br3. The van der Waals surface area contributed by atoms with E-state index in [0.717, 1.165) is 5.92 Å². The lowest BCUT2D eigenvalue weighted by Gasteiger charge is -2.33. The van der Waals surface area contributed by atoms with Crippen LogP contribution in [-0.2, 0) is 0 Å². The Balaban J connectivity index is 2.51. The number of hydrogen-bond donors (Lipinski definition) is 0. The molecule has 0 radical (unpaired) electrons. The van der Waals surface area contributed by atoms with E-state index in [1.807, 2.05) is 0 Å². The SMILES string of the molecule is CC(Br)C1CCCC(Br)C1Br. The van der Waals surface area contributed by atoms with Gasteiger partial charge in [-0.3, -0.25) is 0 Å². The predicted molar refractivity (Wildman–Crippen MR) is 61.2 cm³/mol. The third-order valence-corrected chi connectivity index (χ3v) is 6.09. The molecule has 1 rings (SSSR count). The summed E-state index contributed by atoms with van der Waals surface area (Å²) in [5.74, 6) is 0.785. The average Bonchev–Trinajstić information content (AvgIpc) is 1.94. The molecule has 0 N–H and O–H groups in total. The van der Waals surface area contributed by atoms with E-state index in [2.05, 4.69) is 54.7 Å². The van der Waals surface area contributed by atoms with E-state index in [-0.39, 0.29) is 0 Å². The third kappa shape index (κ3) is 2.70. The number of halogens is 3. The first-order valence-corrected chi connectivity index (χ1v) is 6.80. The molecule has 0 spiro atoms. The second kappa shape index (κ2) is 4.61. The van der Waals surface area contributed by atoms with Crippen molar-refractivity contribution in [3.8, 4) is 0 Å². The monoisotopic (exact) mass is 346 g/mol. The van der Waals surface area contributed by atoms with Crippen molar-refractivity contribution in [3.05, 3.63) is 0 Å². The van der Waals surface area contributed by atoms with Gasteiger partial charge >= 0.3 is 0 Å². The molecule has 0 heterocycles. The van der Waals surface area contributed by atoms with E-state index in [1.54, 1.807) is 0 Å². The molecule has 0 bridgehead atoms. The summed E-state index contributed by atoms with van der Waals surface area (Å²) in [5, 5.41) is 0. The van der Waals surface area contributed by atoms with Gasteiger partial charge in [-0.15, -0.1) is 0 Å². The van der Waals surface area contributed by atoms with E-state index in [4.69, 9.17) is 0 Å². The molecule has 1 fully saturated rings. The van der Waals surface area contributed by atoms with Crippen molar-refractivity contribution in [2.24, 2.45) is 5.92 Å². The lowest BCUT2D eigenvalue weighted by molar-refractivity contribution is 0.387. The van der Waals surface area contributed by atoms with Gasteiger partial charge in [-0.1, -0.05) is 61.1 Å². The van der Waals surface area contributed by atoms with Crippen molar-refractivity contribution in [2.45, 2.75) is 40.7 Å². The predicted octanol–water partition coefficient (Wildman–Crippen LogP) is 4.10. The molecule has 0 nitrogen and oxygen atoms in total. The molecule has 0 aromatic carbocycles. The molecule has 11 heavy (non-hydrogen) atoms. The molecule has 0 aromatic rings. The van der Waals surface area contributed by atoms with E-state index in [1.165, 1.54) is 19.3 Å². The fraction of sp³-hybridized carbons (Fsp3) is 1.00. The highest BCUT2D eigenvalue weighted by Crippen LogP contribution is 2.38. The molecule has 0 aromatic heterocycles. The minimum absolute atomic E-state index is 0.632. The van der Waals surface area contributed by atoms with Crippen LogP contribution in [0.3, 0.4) is 0 Å². The van der Waals surface area contributed by atoms with Crippen LogP contribution in [0.15, 0.2) is 0 Å². The van der Waals surface area contributed by atoms with Gasteiger partial charge in [0.2, 0.25) is 0 Å². The van der Waals surface area contributed by atoms with E-state index >= 15 is 0 Å². The highest BCUT2D eigenvalue weighted by Gasteiger charge is 2.31. The minimum Gasteiger partial charge on any atom is -0.0890 e. The highest BCUT2D eigenvalue weighted by atomic mass is 79.9. The summed E-state index contributed by atoms with van der Waals surface area (Å²) < 4.78 is 0. The lowest BCUT2D eigenvalue weighted by atomic mass is 9.87. The zero-order valence-corrected chi connectivity index (χ0v) is 11.3. The largest absolute Gasteiger partial charge is 0.0890 e. The second-order valence-electron chi connectivity index (χ2n) is 3.23. The zero-order chi connectivity index (χ0) is 8.43. The maximum absolute atomic E-state index is 3.74. The Morgan fingerprint density at radius 3 is 2.36 bits per heavy atom. The van der Waals surface area contributed by atoms with Gasteiger partial charge in [0.05, 0.1) is 0 Å². The zero-order valence-electron chi connectivity index (χ0n) is 6.56. The van der Waals surface area contributed by atoms with Crippen LogP contribution >= 0.6 is 47.8 Å². The molecule has 3 heteroatoms. The summed E-state index contributed by atoms with van der Waals surface area (Å²) in [6.45, 7) is 2.24. The summed E-state index contributed by atoms with van der Waals surface area (Å²) in [6.07, 6.45) is 4.02. The molecule has 66 valence electrons. The topological polar surface area (TPSA) is 0 Å². The van der Waals surface area contributed by atoms with Crippen LogP contribution < -0.4 is 0 Å². The molecule has 0 amide bonds. The van der Waals surface area contributed by atoms with E-state index in [9.17, 15) is 0 Å². The number of hydrogen-bond acceptors (Lipinski definition) is 0. The Kier molecular flexibility index (Phi) is 4.41. The van der Waals surface area contributed by atoms with Gasteiger partial charge in [-0.2, -0.15) is 0 Å². The molecule has 1 aliphatic carbocycles. The summed E-state index contributed by atoms with van der Waals surface area (Å²) in [6, 6.07) is 0. The Morgan fingerprint density at radius 2 is 1.91 bits per heavy atom. The molecule has 0 saturated heterocycles. The normalized spacial score (nSPS) is 42.0. The molecule has 1 aliphatic rings. The van der Waals surface area contributed by atoms with Crippen molar-refractivity contribution >= 4 is 47.8 Å². The maximum Gasteiger partial charge on any atom is 0.0309 e. The Morgan fingerprint density at radius 1 is 1.27 bits per heavy atom. The van der Waals surface area contributed by atoms with E-state index < -0.39 is 0 Å². The summed E-state index contributed by atoms with van der Waals surface area (Å²) in [4.78, 5) is 1.94. The molecule has 4 atom stereocenters. The summed E-state index contributed by atoms with van der Waals surface area (Å²) >= 11 is 11.1. The lowest BCUT2D eigenvalue weighted by Crippen LogP contribution is -2.33. The van der Waals surface area contributed by atoms with Crippen molar-refractivity contribution in [2.75, 3.05) is 0 Å². The van der Waals surface area contributed by atoms with Crippen molar-refractivity contribution in [1.82, 2.24) is 0 Å². The first kappa shape index (κ1) is 10.5. The average molecular weight is 349 g/mol. The second-order valence-corrected chi connectivity index (χ2v) is 6.91. The van der Waals surface area contributed by atoms with Crippen LogP contribution in [0.1, 0.15) is 26.2 Å². The first-order valence-electron chi connectivity index (χ1n) is 4.05. The minimum atomic E-state index is 0.632. The summed E-state index contributed by atoms with van der Waals surface area (Å²) in [7, 11) is 0. The van der Waals surface area contributed by atoms with Gasteiger partial charge in [-0.05, 0) is 18.8 Å². The Labute approximate surface area is 93.9 Å². The van der Waals surface area contributed by atoms with Gasteiger partial charge in [0.25, 0.3) is 0 Å². The van der Waals surface area contributed by atoms with Crippen LogP contribution in [0.5, 0.6) is 0 Å². The number of rotatable bonds is 1. The Bertz CT molecular complexity index is 125. The van der Waals surface area contributed by atoms with Gasteiger partial charge < -0.3 is 0 Å². The van der Waals surface area contributed by atoms with Crippen LogP contribution in [0.25, 0.3) is 0 Å². The van der Waals surface area contributed by atoms with Crippen molar-refractivity contribution in [1.29, 1.82) is 0 Å².